The van der Waals surface area contributed by atoms with Crippen LogP contribution in [0, 0.1) is 5.92 Å². The van der Waals surface area contributed by atoms with Gasteiger partial charge < -0.3 is 25.0 Å². The Bertz CT molecular complexity index is 667. The van der Waals surface area contributed by atoms with Gasteiger partial charge in [-0.25, -0.2) is 0 Å². The van der Waals surface area contributed by atoms with E-state index in [0.29, 0.717) is 0 Å². The van der Waals surface area contributed by atoms with Crippen LogP contribution in [0.2, 0.25) is 0 Å². The Morgan fingerprint density at radius 2 is 1.81 bits per heavy atom. The van der Waals surface area contributed by atoms with Gasteiger partial charge in [-0.05, 0) is 69.4 Å². The summed E-state index contributed by atoms with van der Waals surface area (Å²) in [7, 11) is 1.71. The Morgan fingerprint density at radius 3 is 2.44 bits per heavy atom. The van der Waals surface area contributed by atoms with Gasteiger partial charge in [-0.15, -0.1) is 0 Å². The molecule has 32 heavy (non-hydrogen) atoms. The van der Waals surface area contributed by atoms with Crippen molar-refractivity contribution in [3.8, 4) is 5.75 Å². The van der Waals surface area contributed by atoms with Crippen LogP contribution in [0.25, 0.3) is 0 Å². The van der Waals surface area contributed by atoms with Gasteiger partial charge in [0, 0.05) is 26.2 Å². The van der Waals surface area contributed by atoms with E-state index in [4.69, 9.17) is 14.5 Å². The van der Waals surface area contributed by atoms with Crippen molar-refractivity contribution in [2.75, 3.05) is 72.7 Å². The Labute approximate surface area is 194 Å². The fraction of sp³-hybridized carbons (Fsp3) is 0.720. The fourth-order valence-electron chi connectivity index (χ4n) is 4.64. The van der Waals surface area contributed by atoms with Gasteiger partial charge in [0.15, 0.2) is 5.96 Å². The van der Waals surface area contributed by atoms with Gasteiger partial charge in [-0.1, -0.05) is 19.1 Å². The number of aliphatic imine (C=N–C) groups is 1. The van der Waals surface area contributed by atoms with Crippen molar-refractivity contribution in [1.29, 1.82) is 0 Å². The molecule has 0 radical (unpaired) electrons. The Morgan fingerprint density at radius 1 is 1.09 bits per heavy atom. The summed E-state index contributed by atoms with van der Waals surface area (Å²) in [5.41, 5.74) is 1.27. The number of methoxy groups -OCH3 is 1. The van der Waals surface area contributed by atoms with E-state index in [1.807, 2.05) is 12.1 Å². The van der Waals surface area contributed by atoms with Crippen molar-refractivity contribution in [3.63, 3.8) is 0 Å². The molecule has 3 rings (SSSR count). The summed E-state index contributed by atoms with van der Waals surface area (Å²) < 4.78 is 10.9. The van der Waals surface area contributed by atoms with Crippen LogP contribution in [0.1, 0.15) is 44.7 Å². The summed E-state index contributed by atoms with van der Waals surface area (Å²) in [5, 5.41) is 7.07. The lowest BCUT2D eigenvalue weighted by Gasteiger charge is -2.34. The number of ether oxygens (including phenoxy) is 2. The third-order valence-electron chi connectivity index (χ3n) is 6.56. The molecular formula is C25H43N5O2. The Kier molecular flexibility index (Phi) is 10.6. The van der Waals surface area contributed by atoms with Crippen LogP contribution < -0.4 is 15.4 Å². The highest BCUT2D eigenvalue weighted by molar-refractivity contribution is 5.79. The summed E-state index contributed by atoms with van der Waals surface area (Å²) in [6.45, 7) is 14.1. The van der Waals surface area contributed by atoms with Crippen molar-refractivity contribution in [2.45, 2.75) is 39.2 Å². The average molecular weight is 446 g/mol. The minimum atomic E-state index is 0.234. The second kappa shape index (κ2) is 13.7. The van der Waals surface area contributed by atoms with Crippen molar-refractivity contribution >= 4 is 5.96 Å². The van der Waals surface area contributed by atoms with Gasteiger partial charge in [0.25, 0.3) is 0 Å². The molecule has 1 unspecified atom stereocenters. The van der Waals surface area contributed by atoms with Crippen molar-refractivity contribution < 1.29 is 9.47 Å². The van der Waals surface area contributed by atoms with Crippen LogP contribution in [-0.4, -0.2) is 88.4 Å². The average Bonchev–Trinajstić information content (AvgIpc) is 2.84. The molecule has 0 aromatic heterocycles. The minimum absolute atomic E-state index is 0.234. The SMILES string of the molecule is CCCN1CCC(CNC(=NCC(c2ccc(OC)cc2)N2CCOCC2)NCC)CC1. The predicted octanol–water partition coefficient (Wildman–Crippen LogP) is 2.75. The normalized spacial score (nSPS) is 20.2. The second-order valence-corrected chi connectivity index (χ2v) is 8.82. The van der Waals surface area contributed by atoms with E-state index < -0.39 is 0 Å². The molecular weight excluding hydrogens is 402 g/mol. The van der Waals surface area contributed by atoms with Crippen LogP contribution in [0.5, 0.6) is 5.75 Å². The van der Waals surface area contributed by atoms with E-state index in [1.165, 1.54) is 44.5 Å². The minimum Gasteiger partial charge on any atom is -0.497 e. The zero-order chi connectivity index (χ0) is 22.6. The molecule has 0 aliphatic carbocycles. The van der Waals surface area contributed by atoms with E-state index in [-0.39, 0.29) is 6.04 Å². The largest absolute Gasteiger partial charge is 0.497 e. The fourth-order valence-corrected chi connectivity index (χ4v) is 4.64. The predicted molar refractivity (Wildman–Crippen MR) is 132 cm³/mol. The maximum Gasteiger partial charge on any atom is 0.191 e. The summed E-state index contributed by atoms with van der Waals surface area (Å²) in [4.78, 5) is 10.1. The first-order valence-electron chi connectivity index (χ1n) is 12.4. The maximum absolute atomic E-state index is 5.59. The van der Waals surface area contributed by atoms with E-state index in [9.17, 15) is 0 Å². The molecule has 2 N–H and O–H groups in total. The molecule has 1 aromatic rings. The first kappa shape index (κ1) is 24.8. The summed E-state index contributed by atoms with van der Waals surface area (Å²) in [6, 6.07) is 8.65. The Hall–Kier alpha value is -1.83. The quantitative estimate of drug-likeness (QED) is 0.427. The lowest BCUT2D eigenvalue weighted by atomic mass is 9.97. The number of morpholine rings is 1. The number of hydrogen-bond donors (Lipinski definition) is 2. The first-order chi connectivity index (χ1) is 15.7. The number of rotatable bonds is 10. The lowest BCUT2D eigenvalue weighted by molar-refractivity contribution is 0.0179. The highest BCUT2D eigenvalue weighted by Crippen LogP contribution is 2.24. The highest BCUT2D eigenvalue weighted by atomic mass is 16.5. The molecule has 2 aliphatic heterocycles. The second-order valence-electron chi connectivity index (χ2n) is 8.82. The molecule has 180 valence electrons. The van der Waals surface area contributed by atoms with Crippen molar-refractivity contribution in [3.05, 3.63) is 29.8 Å². The molecule has 7 heteroatoms. The number of benzene rings is 1. The lowest BCUT2D eigenvalue weighted by Crippen LogP contribution is -2.44. The van der Waals surface area contributed by atoms with Gasteiger partial charge >= 0.3 is 0 Å². The van der Waals surface area contributed by atoms with Crippen LogP contribution in [-0.2, 0) is 4.74 Å². The van der Waals surface area contributed by atoms with Crippen molar-refractivity contribution in [1.82, 2.24) is 20.4 Å². The number of hydrogen-bond acceptors (Lipinski definition) is 5. The van der Waals surface area contributed by atoms with E-state index in [1.54, 1.807) is 7.11 Å². The molecule has 0 amide bonds. The number of piperidine rings is 1. The third-order valence-corrected chi connectivity index (χ3v) is 6.56. The van der Waals surface area contributed by atoms with Gasteiger partial charge in [0.05, 0.1) is 32.9 Å². The van der Waals surface area contributed by atoms with Gasteiger partial charge in [-0.2, -0.15) is 0 Å². The summed E-state index contributed by atoms with van der Waals surface area (Å²) in [6.07, 6.45) is 3.79. The molecule has 2 fully saturated rings. The summed E-state index contributed by atoms with van der Waals surface area (Å²) in [5.74, 6) is 2.54. The molecule has 2 saturated heterocycles. The molecule has 2 aliphatic rings. The molecule has 0 saturated carbocycles. The highest BCUT2D eigenvalue weighted by Gasteiger charge is 2.23. The summed E-state index contributed by atoms with van der Waals surface area (Å²) >= 11 is 0. The van der Waals surface area contributed by atoms with Crippen LogP contribution >= 0.6 is 0 Å². The number of likely N-dealkylation sites (tertiary alicyclic amines) is 1. The van der Waals surface area contributed by atoms with E-state index >= 15 is 0 Å². The standard InChI is InChI=1S/C25H43N5O2/c1-4-12-29-13-10-21(11-14-29)19-27-25(26-5-2)28-20-24(30-15-17-32-18-16-30)22-6-8-23(31-3)9-7-22/h6-9,21,24H,4-5,10-20H2,1-3H3,(H2,26,27,28). The van der Waals surface area contributed by atoms with Gasteiger partial charge in [0.1, 0.15) is 5.75 Å². The zero-order valence-electron chi connectivity index (χ0n) is 20.3. The molecule has 0 bridgehead atoms. The maximum atomic E-state index is 5.59. The molecule has 0 spiro atoms. The van der Waals surface area contributed by atoms with Crippen LogP contribution in [0.4, 0.5) is 0 Å². The zero-order valence-corrected chi connectivity index (χ0v) is 20.3. The first-order valence-corrected chi connectivity index (χ1v) is 12.4. The van der Waals surface area contributed by atoms with Crippen LogP contribution in [0.3, 0.4) is 0 Å². The van der Waals surface area contributed by atoms with E-state index in [0.717, 1.165) is 63.6 Å². The third kappa shape index (κ3) is 7.64. The Balaban J connectivity index is 1.61. The number of nitrogens with one attached hydrogen (secondary N) is 2. The smallest absolute Gasteiger partial charge is 0.191 e. The molecule has 2 heterocycles. The van der Waals surface area contributed by atoms with E-state index in [2.05, 4.69) is 46.4 Å². The molecule has 7 nitrogen and oxygen atoms in total. The van der Waals surface area contributed by atoms with Gasteiger partial charge in [0.2, 0.25) is 0 Å². The molecule has 1 atom stereocenters. The monoisotopic (exact) mass is 445 g/mol. The number of guanidine groups is 1. The topological polar surface area (TPSA) is 61.4 Å². The van der Waals surface area contributed by atoms with Gasteiger partial charge in [-0.3, -0.25) is 9.89 Å². The van der Waals surface area contributed by atoms with Crippen molar-refractivity contribution in [2.24, 2.45) is 10.9 Å². The number of nitrogens with zero attached hydrogens (tertiary/aromatic N) is 3. The molecule has 1 aromatic carbocycles. The van der Waals surface area contributed by atoms with Crippen LogP contribution in [0.15, 0.2) is 29.3 Å².